The molecule has 1 amide bonds. The SMILES string of the molecule is Cc1cnc(C(=O)NCc2ccnc(-n3cccn3)c2)cn1. The zero-order valence-electron chi connectivity index (χ0n) is 12.0. The molecular weight excluding hydrogens is 280 g/mol. The number of carbonyl (C=O) groups excluding carboxylic acids is 1. The van der Waals surface area contributed by atoms with E-state index in [4.69, 9.17) is 0 Å². The van der Waals surface area contributed by atoms with Crippen LogP contribution in [0.1, 0.15) is 21.7 Å². The number of nitrogens with one attached hydrogen (secondary N) is 1. The summed E-state index contributed by atoms with van der Waals surface area (Å²) in [5, 5.41) is 6.94. The maximum atomic E-state index is 12.0. The highest BCUT2D eigenvalue weighted by Gasteiger charge is 2.07. The molecule has 7 heteroatoms. The van der Waals surface area contributed by atoms with E-state index in [1.807, 2.05) is 31.3 Å². The predicted molar refractivity (Wildman–Crippen MR) is 79.3 cm³/mol. The van der Waals surface area contributed by atoms with Crippen molar-refractivity contribution in [1.82, 2.24) is 30.0 Å². The molecule has 0 saturated heterocycles. The topological polar surface area (TPSA) is 85.6 Å². The molecule has 0 radical (unpaired) electrons. The molecule has 3 aromatic rings. The van der Waals surface area contributed by atoms with Crippen molar-refractivity contribution >= 4 is 5.91 Å². The minimum Gasteiger partial charge on any atom is -0.347 e. The summed E-state index contributed by atoms with van der Waals surface area (Å²) in [7, 11) is 0. The summed E-state index contributed by atoms with van der Waals surface area (Å²) in [6, 6.07) is 5.54. The first-order valence-electron chi connectivity index (χ1n) is 6.74. The fraction of sp³-hybridized carbons (Fsp3) is 0.133. The highest BCUT2D eigenvalue weighted by Crippen LogP contribution is 2.06. The lowest BCUT2D eigenvalue weighted by Gasteiger charge is -2.06. The zero-order valence-corrected chi connectivity index (χ0v) is 12.0. The number of amides is 1. The van der Waals surface area contributed by atoms with E-state index in [0.29, 0.717) is 18.1 Å². The monoisotopic (exact) mass is 294 g/mol. The molecule has 0 bridgehead atoms. The van der Waals surface area contributed by atoms with Crippen molar-refractivity contribution in [2.75, 3.05) is 0 Å². The third kappa shape index (κ3) is 3.14. The number of aromatic nitrogens is 5. The van der Waals surface area contributed by atoms with Gasteiger partial charge in [0.2, 0.25) is 0 Å². The first-order chi connectivity index (χ1) is 10.7. The van der Waals surface area contributed by atoms with E-state index in [1.165, 1.54) is 6.20 Å². The van der Waals surface area contributed by atoms with Gasteiger partial charge in [0.15, 0.2) is 5.82 Å². The van der Waals surface area contributed by atoms with Gasteiger partial charge in [0, 0.05) is 31.3 Å². The predicted octanol–water partition coefficient (Wildman–Crippen LogP) is 1.30. The van der Waals surface area contributed by atoms with E-state index in [9.17, 15) is 4.79 Å². The second-order valence-corrected chi connectivity index (χ2v) is 4.70. The van der Waals surface area contributed by atoms with Crippen molar-refractivity contribution in [2.45, 2.75) is 13.5 Å². The fourth-order valence-electron chi connectivity index (χ4n) is 1.88. The van der Waals surface area contributed by atoms with Crippen molar-refractivity contribution < 1.29 is 4.79 Å². The molecule has 0 aromatic carbocycles. The van der Waals surface area contributed by atoms with Crippen molar-refractivity contribution in [2.24, 2.45) is 0 Å². The van der Waals surface area contributed by atoms with Gasteiger partial charge in [-0.15, -0.1) is 0 Å². The molecule has 0 saturated carbocycles. The van der Waals surface area contributed by atoms with Crippen LogP contribution in [-0.4, -0.2) is 30.6 Å². The Kier molecular flexibility index (Phi) is 3.86. The molecule has 7 nitrogen and oxygen atoms in total. The summed E-state index contributed by atoms with van der Waals surface area (Å²) in [4.78, 5) is 24.3. The lowest BCUT2D eigenvalue weighted by molar-refractivity contribution is 0.0945. The van der Waals surface area contributed by atoms with E-state index in [-0.39, 0.29) is 5.91 Å². The summed E-state index contributed by atoms with van der Waals surface area (Å²) >= 11 is 0. The third-order valence-electron chi connectivity index (χ3n) is 3.02. The molecule has 0 aliphatic carbocycles. The summed E-state index contributed by atoms with van der Waals surface area (Å²) in [5.74, 6) is 0.442. The molecule has 0 aliphatic heterocycles. The number of hydrogen-bond donors (Lipinski definition) is 1. The van der Waals surface area contributed by atoms with Crippen LogP contribution in [0.2, 0.25) is 0 Å². The Hall–Kier alpha value is -3.09. The fourth-order valence-corrected chi connectivity index (χ4v) is 1.88. The van der Waals surface area contributed by atoms with Crippen LogP contribution in [0.5, 0.6) is 0 Å². The molecule has 1 N–H and O–H groups in total. The van der Waals surface area contributed by atoms with Crippen LogP contribution in [0.4, 0.5) is 0 Å². The molecule has 110 valence electrons. The minimum atomic E-state index is -0.259. The smallest absolute Gasteiger partial charge is 0.271 e. The average molecular weight is 294 g/mol. The maximum absolute atomic E-state index is 12.0. The van der Waals surface area contributed by atoms with E-state index in [0.717, 1.165) is 11.3 Å². The van der Waals surface area contributed by atoms with Crippen LogP contribution in [-0.2, 0) is 6.54 Å². The maximum Gasteiger partial charge on any atom is 0.271 e. The van der Waals surface area contributed by atoms with E-state index in [2.05, 4.69) is 25.4 Å². The third-order valence-corrected chi connectivity index (χ3v) is 3.02. The molecule has 3 heterocycles. The number of carbonyl (C=O) groups is 1. The lowest BCUT2D eigenvalue weighted by atomic mass is 10.2. The molecule has 0 fully saturated rings. The van der Waals surface area contributed by atoms with Crippen LogP contribution < -0.4 is 5.32 Å². The largest absolute Gasteiger partial charge is 0.347 e. The second kappa shape index (κ2) is 6.13. The number of pyridine rings is 1. The minimum absolute atomic E-state index is 0.259. The first-order valence-corrected chi connectivity index (χ1v) is 6.74. The Bertz CT molecular complexity index is 767. The van der Waals surface area contributed by atoms with Crippen molar-refractivity contribution in [3.8, 4) is 5.82 Å². The number of aryl methyl sites for hydroxylation is 1. The number of nitrogens with zero attached hydrogens (tertiary/aromatic N) is 5. The van der Waals surface area contributed by atoms with Gasteiger partial charge in [-0.1, -0.05) is 0 Å². The molecule has 3 aromatic heterocycles. The van der Waals surface area contributed by atoms with Crippen LogP contribution >= 0.6 is 0 Å². The van der Waals surface area contributed by atoms with Gasteiger partial charge in [-0.3, -0.25) is 9.78 Å². The van der Waals surface area contributed by atoms with Gasteiger partial charge in [0.05, 0.1) is 11.9 Å². The molecule has 0 atom stereocenters. The number of rotatable bonds is 4. The summed E-state index contributed by atoms with van der Waals surface area (Å²) in [6.45, 7) is 2.20. The Morgan fingerprint density at radius 1 is 1.23 bits per heavy atom. The highest BCUT2D eigenvalue weighted by atomic mass is 16.1. The number of hydrogen-bond acceptors (Lipinski definition) is 5. The van der Waals surface area contributed by atoms with Gasteiger partial charge in [-0.05, 0) is 30.7 Å². The standard InChI is InChI=1S/C15H14N6O/c1-11-8-18-13(10-17-11)15(22)19-9-12-3-5-16-14(7-12)21-6-2-4-20-21/h2-8,10H,9H2,1H3,(H,19,22). The lowest BCUT2D eigenvalue weighted by Crippen LogP contribution is -2.24. The van der Waals surface area contributed by atoms with E-state index < -0.39 is 0 Å². The molecule has 3 rings (SSSR count). The van der Waals surface area contributed by atoms with Crippen molar-refractivity contribution in [3.05, 3.63) is 66.1 Å². The molecular formula is C15H14N6O. The summed E-state index contributed by atoms with van der Waals surface area (Å²) < 4.78 is 1.66. The summed E-state index contributed by atoms with van der Waals surface area (Å²) in [6.07, 6.45) is 8.21. The molecule has 0 aliphatic rings. The van der Waals surface area contributed by atoms with Crippen LogP contribution in [0.15, 0.2) is 49.2 Å². The van der Waals surface area contributed by atoms with Crippen LogP contribution in [0, 0.1) is 6.92 Å². The van der Waals surface area contributed by atoms with Gasteiger partial charge in [-0.2, -0.15) is 5.10 Å². The second-order valence-electron chi connectivity index (χ2n) is 4.70. The van der Waals surface area contributed by atoms with Crippen molar-refractivity contribution in [3.63, 3.8) is 0 Å². The summed E-state index contributed by atoms with van der Waals surface area (Å²) in [5.41, 5.74) is 2.00. The average Bonchev–Trinajstić information content (AvgIpc) is 3.08. The normalized spacial score (nSPS) is 10.4. The Balaban J connectivity index is 1.67. The van der Waals surface area contributed by atoms with Gasteiger partial charge in [0.1, 0.15) is 5.69 Å². The van der Waals surface area contributed by atoms with Crippen molar-refractivity contribution in [1.29, 1.82) is 0 Å². The van der Waals surface area contributed by atoms with Gasteiger partial charge >= 0.3 is 0 Å². The molecule has 0 spiro atoms. The zero-order chi connectivity index (χ0) is 15.4. The molecule has 22 heavy (non-hydrogen) atoms. The van der Waals surface area contributed by atoms with E-state index in [1.54, 1.807) is 23.3 Å². The quantitative estimate of drug-likeness (QED) is 0.783. The van der Waals surface area contributed by atoms with Gasteiger partial charge < -0.3 is 5.32 Å². The molecule has 0 unspecified atom stereocenters. The highest BCUT2D eigenvalue weighted by molar-refractivity contribution is 5.91. The Morgan fingerprint density at radius 2 is 2.14 bits per heavy atom. The van der Waals surface area contributed by atoms with Crippen LogP contribution in [0.25, 0.3) is 5.82 Å². The van der Waals surface area contributed by atoms with E-state index >= 15 is 0 Å². The van der Waals surface area contributed by atoms with Gasteiger partial charge in [0.25, 0.3) is 5.91 Å². The Labute approximate surface area is 127 Å². The van der Waals surface area contributed by atoms with Gasteiger partial charge in [-0.25, -0.2) is 14.6 Å². The van der Waals surface area contributed by atoms with Crippen LogP contribution in [0.3, 0.4) is 0 Å². The Morgan fingerprint density at radius 3 is 2.86 bits per heavy atom. The first kappa shape index (κ1) is 13.9.